The Morgan fingerprint density at radius 3 is 2.61 bits per heavy atom. The van der Waals surface area contributed by atoms with E-state index in [4.69, 9.17) is 5.11 Å². The number of benzene rings is 1. The fourth-order valence-electron chi connectivity index (χ4n) is 2.28. The quantitative estimate of drug-likeness (QED) is 0.872. The molecule has 18 heavy (non-hydrogen) atoms. The summed E-state index contributed by atoms with van der Waals surface area (Å²) in [5.74, 6) is -0.993. The first-order chi connectivity index (χ1) is 8.58. The second-order valence-corrected chi connectivity index (χ2v) is 4.31. The van der Waals surface area contributed by atoms with Crippen LogP contribution in [-0.4, -0.2) is 20.6 Å². The summed E-state index contributed by atoms with van der Waals surface area (Å²) in [5, 5.41) is 8.92. The number of fused-ring (bicyclic) bond motifs is 1. The van der Waals surface area contributed by atoms with E-state index in [1.165, 1.54) is 12.1 Å². The van der Waals surface area contributed by atoms with E-state index < -0.39 is 5.97 Å². The van der Waals surface area contributed by atoms with Gasteiger partial charge in [-0.15, -0.1) is 0 Å². The Balaban J connectivity index is 2.66. The van der Waals surface area contributed by atoms with E-state index >= 15 is 0 Å². The first-order valence-corrected chi connectivity index (χ1v) is 6.06. The molecule has 0 spiro atoms. The van der Waals surface area contributed by atoms with E-state index in [0.29, 0.717) is 5.52 Å². The van der Waals surface area contributed by atoms with E-state index in [1.54, 1.807) is 10.6 Å². The molecule has 0 radical (unpaired) electrons. The van der Waals surface area contributed by atoms with Gasteiger partial charge in [0.1, 0.15) is 0 Å². The number of nitrogens with one attached hydrogen (secondary N) is 1. The third-order valence-corrected chi connectivity index (χ3v) is 3.27. The van der Waals surface area contributed by atoms with Crippen molar-refractivity contribution in [1.82, 2.24) is 9.55 Å². The predicted molar refractivity (Wildman–Crippen MR) is 69.1 cm³/mol. The van der Waals surface area contributed by atoms with Crippen LogP contribution in [0.25, 0.3) is 11.0 Å². The lowest BCUT2D eigenvalue weighted by molar-refractivity contribution is 0.0697. The van der Waals surface area contributed by atoms with E-state index in [0.717, 1.165) is 18.4 Å². The molecular formula is C13H16N2O3. The van der Waals surface area contributed by atoms with E-state index in [-0.39, 0.29) is 17.3 Å². The Kier molecular flexibility index (Phi) is 3.23. The molecule has 0 bridgehead atoms. The maximum atomic E-state index is 11.9. The van der Waals surface area contributed by atoms with Crippen LogP contribution in [0.15, 0.2) is 23.0 Å². The van der Waals surface area contributed by atoms with Crippen molar-refractivity contribution in [1.29, 1.82) is 0 Å². The standard InChI is InChI=1S/C13H16N2O3/c1-3-9(4-2)15-11-6-5-8(12(16)17)7-10(11)14-13(15)18/h5-7,9H,3-4H2,1-2H3,(H,14,18)(H,16,17). The zero-order valence-electron chi connectivity index (χ0n) is 10.4. The van der Waals surface area contributed by atoms with Crippen molar-refractivity contribution in [3.05, 3.63) is 34.2 Å². The molecule has 5 nitrogen and oxygen atoms in total. The number of nitrogens with zero attached hydrogens (tertiary/aromatic N) is 1. The largest absolute Gasteiger partial charge is 0.478 e. The van der Waals surface area contributed by atoms with Gasteiger partial charge in [-0.05, 0) is 31.0 Å². The van der Waals surface area contributed by atoms with Gasteiger partial charge in [0.25, 0.3) is 0 Å². The molecule has 1 aromatic heterocycles. The van der Waals surface area contributed by atoms with Crippen LogP contribution in [0.1, 0.15) is 43.1 Å². The summed E-state index contributed by atoms with van der Waals surface area (Å²) in [6.07, 6.45) is 1.73. The molecule has 1 heterocycles. The fourth-order valence-corrected chi connectivity index (χ4v) is 2.28. The number of rotatable bonds is 4. The molecule has 0 atom stereocenters. The average molecular weight is 248 g/mol. The summed E-state index contributed by atoms with van der Waals surface area (Å²) in [5.41, 5.74) is 1.34. The summed E-state index contributed by atoms with van der Waals surface area (Å²) >= 11 is 0. The average Bonchev–Trinajstić information content (AvgIpc) is 2.67. The molecule has 0 saturated carbocycles. The Morgan fingerprint density at radius 1 is 1.39 bits per heavy atom. The van der Waals surface area contributed by atoms with E-state index in [2.05, 4.69) is 4.98 Å². The highest BCUT2D eigenvalue weighted by Gasteiger charge is 2.15. The number of aromatic nitrogens is 2. The zero-order valence-corrected chi connectivity index (χ0v) is 10.4. The number of aromatic carboxylic acids is 1. The molecule has 0 fully saturated rings. The maximum absolute atomic E-state index is 11.9. The van der Waals surface area contributed by atoms with Crippen LogP contribution in [0.2, 0.25) is 0 Å². The van der Waals surface area contributed by atoms with Crippen LogP contribution in [-0.2, 0) is 0 Å². The smallest absolute Gasteiger partial charge is 0.335 e. The molecule has 5 heteroatoms. The number of hydrogen-bond acceptors (Lipinski definition) is 2. The van der Waals surface area contributed by atoms with Gasteiger partial charge in [0, 0.05) is 6.04 Å². The van der Waals surface area contributed by atoms with Crippen molar-refractivity contribution in [2.75, 3.05) is 0 Å². The van der Waals surface area contributed by atoms with Crippen LogP contribution < -0.4 is 5.69 Å². The SMILES string of the molecule is CCC(CC)n1c(=O)[nH]c2cc(C(=O)O)ccc21. The predicted octanol–water partition coefficient (Wildman–Crippen LogP) is 2.39. The minimum atomic E-state index is -0.993. The normalized spacial score (nSPS) is 11.3. The number of hydrogen-bond donors (Lipinski definition) is 2. The summed E-state index contributed by atoms with van der Waals surface area (Å²) in [7, 11) is 0. The first-order valence-electron chi connectivity index (χ1n) is 6.06. The molecule has 0 amide bonds. The number of imidazole rings is 1. The van der Waals surface area contributed by atoms with Crippen molar-refractivity contribution in [3.63, 3.8) is 0 Å². The minimum absolute atomic E-state index is 0.141. The molecule has 96 valence electrons. The lowest BCUT2D eigenvalue weighted by Gasteiger charge is -2.14. The van der Waals surface area contributed by atoms with Crippen molar-refractivity contribution in [2.45, 2.75) is 32.7 Å². The number of carbonyl (C=O) groups is 1. The number of aromatic amines is 1. The summed E-state index contributed by atoms with van der Waals surface area (Å²) in [4.78, 5) is 25.5. The topological polar surface area (TPSA) is 75.1 Å². The van der Waals surface area contributed by atoms with Gasteiger partial charge in [-0.25, -0.2) is 9.59 Å². The van der Waals surface area contributed by atoms with Crippen LogP contribution in [0.3, 0.4) is 0 Å². The Morgan fingerprint density at radius 2 is 2.06 bits per heavy atom. The number of carboxylic acids is 1. The van der Waals surface area contributed by atoms with Gasteiger partial charge in [0.15, 0.2) is 0 Å². The highest BCUT2D eigenvalue weighted by Crippen LogP contribution is 2.20. The van der Waals surface area contributed by atoms with Crippen molar-refractivity contribution < 1.29 is 9.90 Å². The first kappa shape index (κ1) is 12.4. The number of carboxylic acid groups (broad SMARTS) is 1. The molecular weight excluding hydrogens is 232 g/mol. The van der Waals surface area contributed by atoms with Crippen LogP contribution in [0.4, 0.5) is 0 Å². The van der Waals surface area contributed by atoms with Crippen LogP contribution in [0.5, 0.6) is 0 Å². The zero-order chi connectivity index (χ0) is 13.3. The third kappa shape index (κ3) is 1.92. The molecule has 0 unspecified atom stereocenters. The van der Waals surface area contributed by atoms with E-state index in [9.17, 15) is 9.59 Å². The Bertz CT molecular complexity index is 635. The molecule has 2 rings (SSSR count). The van der Waals surface area contributed by atoms with Crippen LogP contribution in [0, 0.1) is 0 Å². The highest BCUT2D eigenvalue weighted by molar-refractivity contribution is 5.92. The Labute approximate surface area is 104 Å². The fraction of sp³-hybridized carbons (Fsp3) is 0.385. The molecule has 0 aliphatic heterocycles. The van der Waals surface area contributed by atoms with Gasteiger partial charge < -0.3 is 10.1 Å². The van der Waals surface area contributed by atoms with Crippen molar-refractivity contribution in [2.24, 2.45) is 0 Å². The Hall–Kier alpha value is -2.04. The highest BCUT2D eigenvalue weighted by atomic mass is 16.4. The van der Waals surface area contributed by atoms with Gasteiger partial charge in [-0.3, -0.25) is 4.57 Å². The lowest BCUT2D eigenvalue weighted by atomic mass is 10.1. The molecule has 1 aromatic carbocycles. The van der Waals surface area contributed by atoms with Gasteiger partial charge in [0.05, 0.1) is 16.6 Å². The summed E-state index contributed by atoms with van der Waals surface area (Å²) in [6.45, 7) is 4.07. The van der Waals surface area contributed by atoms with Gasteiger partial charge in [-0.2, -0.15) is 0 Å². The molecule has 2 N–H and O–H groups in total. The minimum Gasteiger partial charge on any atom is -0.478 e. The summed E-state index contributed by atoms with van der Waals surface area (Å²) < 4.78 is 1.71. The van der Waals surface area contributed by atoms with Gasteiger partial charge >= 0.3 is 11.7 Å². The second-order valence-electron chi connectivity index (χ2n) is 4.31. The van der Waals surface area contributed by atoms with Crippen molar-refractivity contribution >= 4 is 17.0 Å². The van der Waals surface area contributed by atoms with E-state index in [1.807, 2.05) is 13.8 Å². The third-order valence-electron chi connectivity index (χ3n) is 3.27. The lowest BCUT2D eigenvalue weighted by Crippen LogP contribution is -2.21. The van der Waals surface area contributed by atoms with Gasteiger partial charge in [0.2, 0.25) is 0 Å². The maximum Gasteiger partial charge on any atom is 0.335 e. The molecule has 0 saturated heterocycles. The molecule has 0 aliphatic rings. The second kappa shape index (κ2) is 4.68. The molecule has 0 aliphatic carbocycles. The summed E-state index contributed by atoms with van der Waals surface area (Å²) in [6, 6.07) is 4.85. The monoisotopic (exact) mass is 248 g/mol. The van der Waals surface area contributed by atoms with Crippen molar-refractivity contribution in [3.8, 4) is 0 Å². The molecule has 2 aromatic rings. The van der Waals surface area contributed by atoms with Gasteiger partial charge in [-0.1, -0.05) is 13.8 Å². The van der Waals surface area contributed by atoms with Crippen LogP contribution >= 0.6 is 0 Å². The number of H-pyrrole nitrogens is 1.